The fraction of sp³-hybridized carbons (Fsp3) is 0.571. The average Bonchev–Trinajstić information content (AvgIpc) is 3.21. The van der Waals surface area contributed by atoms with E-state index in [1.807, 2.05) is 6.07 Å². The number of esters is 1. The molecule has 1 aromatic carbocycles. The topological polar surface area (TPSA) is 92.4 Å². The summed E-state index contributed by atoms with van der Waals surface area (Å²) in [4.78, 5) is 18.1. The van der Waals surface area contributed by atoms with Crippen molar-refractivity contribution < 1.29 is 14.3 Å². The number of aromatic amines is 1. The van der Waals surface area contributed by atoms with Gasteiger partial charge in [0.2, 0.25) is 11.8 Å². The molecule has 0 spiro atoms. The monoisotopic (exact) mass is 401 g/mol. The van der Waals surface area contributed by atoms with Crippen molar-refractivity contribution in [3.05, 3.63) is 35.7 Å². The number of anilines is 1. The number of benzene rings is 1. The molecule has 0 saturated carbocycles. The molecule has 2 aromatic rings. The maximum absolute atomic E-state index is 11.5. The highest BCUT2D eigenvalue weighted by Crippen LogP contribution is 2.18. The minimum atomic E-state index is -0.496. The molecule has 1 saturated heterocycles. The molecule has 0 amide bonds. The van der Waals surface area contributed by atoms with E-state index in [1.165, 1.54) is 37.9 Å². The molecular weight excluding hydrogens is 370 g/mol. The molecule has 2 heterocycles. The molecule has 1 fully saturated rings. The molecule has 158 valence electrons. The van der Waals surface area contributed by atoms with Gasteiger partial charge in [0.05, 0.1) is 13.2 Å². The zero-order chi connectivity index (χ0) is 20.3. The van der Waals surface area contributed by atoms with E-state index < -0.39 is 5.97 Å². The van der Waals surface area contributed by atoms with Gasteiger partial charge in [-0.1, -0.05) is 18.6 Å². The van der Waals surface area contributed by atoms with Crippen LogP contribution in [0, 0.1) is 0 Å². The molecule has 1 aliphatic heterocycles. The van der Waals surface area contributed by atoms with Crippen LogP contribution in [-0.4, -0.2) is 58.9 Å². The maximum atomic E-state index is 11.5. The number of carbonyl (C=O) groups is 1. The first-order chi connectivity index (χ1) is 14.2. The molecule has 3 rings (SSSR count). The predicted molar refractivity (Wildman–Crippen MR) is 111 cm³/mol. The highest BCUT2D eigenvalue weighted by molar-refractivity contribution is 5.85. The summed E-state index contributed by atoms with van der Waals surface area (Å²) >= 11 is 0. The molecule has 1 aromatic heterocycles. The second-order valence-electron chi connectivity index (χ2n) is 7.19. The van der Waals surface area contributed by atoms with Crippen LogP contribution in [0.15, 0.2) is 24.3 Å². The zero-order valence-electron chi connectivity index (χ0n) is 17.2. The fourth-order valence-corrected chi connectivity index (χ4v) is 3.36. The summed E-state index contributed by atoms with van der Waals surface area (Å²) in [6, 6.07) is 8.41. The molecular formula is C21H31N5O3. The molecule has 1 aliphatic rings. The third-order valence-corrected chi connectivity index (χ3v) is 4.83. The van der Waals surface area contributed by atoms with Gasteiger partial charge in [-0.25, -0.2) is 4.79 Å². The zero-order valence-corrected chi connectivity index (χ0v) is 17.2. The Morgan fingerprint density at radius 3 is 2.93 bits per heavy atom. The van der Waals surface area contributed by atoms with Crippen molar-refractivity contribution in [1.29, 1.82) is 0 Å². The number of nitrogens with one attached hydrogen (secondary N) is 2. The van der Waals surface area contributed by atoms with Crippen LogP contribution < -0.4 is 10.1 Å². The van der Waals surface area contributed by atoms with E-state index in [-0.39, 0.29) is 5.82 Å². The summed E-state index contributed by atoms with van der Waals surface area (Å²) in [5.74, 6) is 0.950. The Hall–Kier alpha value is -2.61. The molecule has 29 heavy (non-hydrogen) atoms. The van der Waals surface area contributed by atoms with Crippen molar-refractivity contribution in [3.63, 3.8) is 0 Å². The van der Waals surface area contributed by atoms with Crippen LogP contribution in [0.5, 0.6) is 5.75 Å². The Labute approximate surface area is 172 Å². The lowest BCUT2D eigenvalue weighted by molar-refractivity contribution is 0.0512. The minimum absolute atomic E-state index is 0.113. The van der Waals surface area contributed by atoms with Crippen LogP contribution >= 0.6 is 0 Å². The van der Waals surface area contributed by atoms with Gasteiger partial charge in [0.1, 0.15) is 5.75 Å². The van der Waals surface area contributed by atoms with Gasteiger partial charge in [-0.2, -0.15) is 4.98 Å². The number of hydrogen-bond acceptors (Lipinski definition) is 7. The van der Waals surface area contributed by atoms with Gasteiger partial charge in [-0.3, -0.25) is 10.00 Å². The van der Waals surface area contributed by atoms with Gasteiger partial charge in [0.15, 0.2) is 0 Å². The Kier molecular flexibility index (Phi) is 8.30. The normalized spacial score (nSPS) is 14.5. The Morgan fingerprint density at radius 2 is 2.10 bits per heavy atom. The van der Waals surface area contributed by atoms with Crippen molar-refractivity contribution in [2.75, 3.05) is 38.2 Å². The number of carbonyl (C=O) groups excluding carboxylic acids is 1. The molecule has 8 heteroatoms. The summed E-state index contributed by atoms with van der Waals surface area (Å²) < 4.78 is 10.8. The van der Waals surface area contributed by atoms with Crippen LogP contribution in [0.1, 0.15) is 55.2 Å². The van der Waals surface area contributed by atoms with Crippen molar-refractivity contribution in [1.82, 2.24) is 20.1 Å². The summed E-state index contributed by atoms with van der Waals surface area (Å²) in [6.45, 7) is 6.83. The van der Waals surface area contributed by atoms with Crippen molar-refractivity contribution >= 4 is 11.9 Å². The van der Waals surface area contributed by atoms with Crippen LogP contribution in [0.3, 0.4) is 0 Å². The van der Waals surface area contributed by atoms with E-state index in [4.69, 9.17) is 9.47 Å². The number of aromatic nitrogens is 3. The maximum Gasteiger partial charge on any atom is 0.375 e. The summed E-state index contributed by atoms with van der Waals surface area (Å²) in [5, 5.41) is 9.62. The SMILES string of the molecule is CCOC(=O)c1nc(NCCCCOc2cccc(CN3CCCCC3)c2)n[nH]1. The molecule has 8 nitrogen and oxygen atoms in total. The van der Waals surface area contributed by atoms with Crippen molar-refractivity contribution in [2.45, 2.75) is 45.6 Å². The standard InChI is InChI=1S/C21H31N5O3/c1-2-28-20(27)19-23-21(25-24-19)22-11-4-7-14-29-18-10-8-9-17(15-18)16-26-12-5-3-6-13-26/h8-10,15H,2-7,11-14,16H2,1H3,(H2,22,23,24,25). The smallest absolute Gasteiger partial charge is 0.375 e. The summed E-state index contributed by atoms with van der Waals surface area (Å²) in [7, 11) is 0. The van der Waals surface area contributed by atoms with E-state index in [2.05, 4.69) is 43.6 Å². The van der Waals surface area contributed by atoms with Crippen molar-refractivity contribution in [3.8, 4) is 5.75 Å². The van der Waals surface area contributed by atoms with Crippen LogP contribution in [0.25, 0.3) is 0 Å². The Balaban J connectivity index is 1.31. The number of ether oxygens (including phenoxy) is 2. The largest absolute Gasteiger partial charge is 0.494 e. The number of piperidine rings is 1. The molecule has 0 radical (unpaired) electrons. The minimum Gasteiger partial charge on any atom is -0.494 e. The second kappa shape index (κ2) is 11.4. The quantitative estimate of drug-likeness (QED) is 0.441. The highest BCUT2D eigenvalue weighted by Gasteiger charge is 2.12. The van der Waals surface area contributed by atoms with Gasteiger partial charge in [0, 0.05) is 13.1 Å². The lowest BCUT2D eigenvalue weighted by atomic mass is 10.1. The van der Waals surface area contributed by atoms with Gasteiger partial charge in [0.25, 0.3) is 0 Å². The van der Waals surface area contributed by atoms with E-state index in [9.17, 15) is 4.79 Å². The van der Waals surface area contributed by atoms with E-state index in [0.717, 1.165) is 25.1 Å². The number of hydrogen-bond donors (Lipinski definition) is 2. The predicted octanol–water partition coefficient (Wildman–Crippen LogP) is 3.24. The molecule has 0 atom stereocenters. The van der Waals surface area contributed by atoms with E-state index in [0.29, 0.717) is 25.7 Å². The number of H-pyrrole nitrogens is 1. The molecule has 0 bridgehead atoms. The summed E-state index contributed by atoms with van der Waals surface area (Å²) in [5.41, 5.74) is 1.31. The van der Waals surface area contributed by atoms with Crippen LogP contribution in [0.4, 0.5) is 5.95 Å². The molecule has 0 unspecified atom stereocenters. The molecule has 0 aliphatic carbocycles. The first-order valence-electron chi connectivity index (χ1n) is 10.5. The molecule has 2 N–H and O–H groups in total. The van der Waals surface area contributed by atoms with Crippen LogP contribution in [-0.2, 0) is 11.3 Å². The number of likely N-dealkylation sites (tertiary alicyclic amines) is 1. The number of nitrogens with zero attached hydrogens (tertiary/aromatic N) is 3. The number of unbranched alkanes of at least 4 members (excludes halogenated alkanes) is 1. The highest BCUT2D eigenvalue weighted by atomic mass is 16.5. The number of rotatable bonds is 11. The van der Waals surface area contributed by atoms with E-state index in [1.54, 1.807) is 6.92 Å². The van der Waals surface area contributed by atoms with Gasteiger partial charge in [-0.05, 0) is 63.4 Å². The Morgan fingerprint density at radius 1 is 1.24 bits per heavy atom. The first-order valence-corrected chi connectivity index (χ1v) is 10.5. The summed E-state index contributed by atoms with van der Waals surface area (Å²) in [6.07, 6.45) is 5.80. The second-order valence-corrected chi connectivity index (χ2v) is 7.19. The van der Waals surface area contributed by atoms with Gasteiger partial charge < -0.3 is 14.8 Å². The van der Waals surface area contributed by atoms with Gasteiger partial charge in [-0.15, -0.1) is 5.10 Å². The van der Waals surface area contributed by atoms with E-state index >= 15 is 0 Å². The first kappa shape index (κ1) is 21.1. The lowest BCUT2D eigenvalue weighted by Gasteiger charge is -2.26. The van der Waals surface area contributed by atoms with Crippen molar-refractivity contribution in [2.24, 2.45) is 0 Å². The fourth-order valence-electron chi connectivity index (χ4n) is 3.36. The van der Waals surface area contributed by atoms with Gasteiger partial charge >= 0.3 is 5.97 Å². The average molecular weight is 402 g/mol. The third-order valence-electron chi connectivity index (χ3n) is 4.83. The Bertz CT molecular complexity index is 758. The lowest BCUT2D eigenvalue weighted by Crippen LogP contribution is -2.29. The third kappa shape index (κ3) is 7.05. The van der Waals surface area contributed by atoms with Crippen LogP contribution in [0.2, 0.25) is 0 Å².